The molecule has 0 amide bonds. The molecule has 0 bridgehead atoms. The first-order valence-corrected chi connectivity index (χ1v) is 5.77. The molecule has 1 aromatic carbocycles. The van der Waals surface area contributed by atoms with Gasteiger partial charge in [0.15, 0.2) is 6.29 Å². The molecule has 4 nitrogen and oxygen atoms in total. The van der Waals surface area contributed by atoms with Crippen molar-refractivity contribution in [2.75, 3.05) is 19.8 Å². The quantitative estimate of drug-likeness (QED) is 0.700. The van der Waals surface area contributed by atoms with Crippen molar-refractivity contribution in [2.45, 2.75) is 20.1 Å². The van der Waals surface area contributed by atoms with E-state index in [9.17, 15) is 4.39 Å². The van der Waals surface area contributed by atoms with E-state index in [1.54, 1.807) is 6.07 Å². The van der Waals surface area contributed by atoms with Crippen molar-refractivity contribution in [3.05, 3.63) is 29.6 Å². The third-order valence-electron chi connectivity index (χ3n) is 2.17. The molecule has 0 atom stereocenters. The molecule has 0 N–H and O–H groups in total. The second-order valence-corrected chi connectivity index (χ2v) is 3.38. The van der Waals surface area contributed by atoms with E-state index < -0.39 is 12.1 Å². The Morgan fingerprint density at radius 3 is 2.50 bits per heavy atom. The Bertz CT molecular complexity index is 411. The summed E-state index contributed by atoms with van der Waals surface area (Å²) in [5.41, 5.74) is -0.107. The zero-order valence-electron chi connectivity index (χ0n) is 10.5. The minimum atomic E-state index is -0.598. The van der Waals surface area contributed by atoms with E-state index in [1.807, 2.05) is 13.8 Å². The van der Waals surface area contributed by atoms with Crippen molar-refractivity contribution in [1.82, 2.24) is 0 Å². The molecule has 0 unspecified atom stereocenters. The van der Waals surface area contributed by atoms with Crippen molar-refractivity contribution in [2.24, 2.45) is 0 Å². The fourth-order valence-electron chi connectivity index (χ4n) is 1.41. The zero-order chi connectivity index (χ0) is 13.4. The molecule has 0 aliphatic rings. The Kier molecular flexibility index (Phi) is 6.12. The number of nitrogens with zero attached hydrogens (tertiary/aromatic N) is 1. The highest BCUT2D eigenvalue weighted by atomic mass is 19.1. The molecule has 98 valence electrons. The molecule has 1 aromatic rings. The standard InChI is InChI=1S/C13H16FNO3/c1-3-16-13(17-4-2)9-18-12-7-5-6-11(14)10(12)8-15/h5-7,13H,3-4,9H2,1-2H3. The highest BCUT2D eigenvalue weighted by molar-refractivity contribution is 5.43. The van der Waals surface area contributed by atoms with Crippen molar-refractivity contribution in [1.29, 1.82) is 5.26 Å². The van der Waals surface area contributed by atoms with Gasteiger partial charge in [-0.3, -0.25) is 0 Å². The van der Waals surface area contributed by atoms with Crippen molar-refractivity contribution in [3.8, 4) is 11.8 Å². The topological polar surface area (TPSA) is 51.5 Å². The first-order chi connectivity index (χ1) is 8.72. The Morgan fingerprint density at radius 2 is 1.94 bits per heavy atom. The van der Waals surface area contributed by atoms with Gasteiger partial charge in [0.25, 0.3) is 0 Å². The second kappa shape index (κ2) is 7.64. The van der Waals surface area contributed by atoms with Crippen LogP contribution in [-0.2, 0) is 9.47 Å². The summed E-state index contributed by atoms with van der Waals surface area (Å²) in [5.74, 6) is -0.402. The van der Waals surface area contributed by atoms with Crippen LogP contribution in [0, 0.1) is 17.1 Å². The molecule has 0 heterocycles. The van der Waals surface area contributed by atoms with Crippen molar-refractivity contribution in [3.63, 3.8) is 0 Å². The van der Waals surface area contributed by atoms with Gasteiger partial charge < -0.3 is 14.2 Å². The third-order valence-corrected chi connectivity index (χ3v) is 2.17. The molecule has 5 heteroatoms. The normalized spacial score (nSPS) is 10.4. The maximum absolute atomic E-state index is 13.3. The SMILES string of the molecule is CCOC(COc1cccc(F)c1C#N)OCC. The maximum Gasteiger partial charge on any atom is 0.191 e. The molecule has 18 heavy (non-hydrogen) atoms. The van der Waals surface area contributed by atoms with Crippen LogP contribution in [0.3, 0.4) is 0 Å². The summed E-state index contributed by atoms with van der Waals surface area (Å²) < 4.78 is 29.2. The Hall–Kier alpha value is -1.64. The lowest BCUT2D eigenvalue weighted by Gasteiger charge is -2.17. The van der Waals surface area contributed by atoms with Gasteiger partial charge in [0.2, 0.25) is 0 Å². The number of nitriles is 1. The number of hydrogen-bond acceptors (Lipinski definition) is 4. The first-order valence-electron chi connectivity index (χ1n) is 5.77. The number of rotatable bonds is 7. The highest BCUT2D eigenvalue weighted by Crippen LogP contribution is 2.20. The monoisotopic (exact) mass is 253 g/mol. The van der Waals surface area contributed by atoms with Crippen LogP contribution >= 0.6 is 0 Å². The van der Waals surface area contributed by atoms with Gasteiger partial charge in [0.1, 0.15) is 29.8 Å². The summed E-state index contributed by atoms with van der Waals surface area (Å²) in [6.45, 7) is 4.77. The van der Waals surface area contributed by atoms with E-state index in [-0.39, 0.29) is 17.9 Å². The maximum atomic E-state index is 13.3. The number of halogens is 1. The smallest absolute Gasteiger partial charge is 0.191 e. The summed E-state index contributed by atoms with van der Waals surface area (Å²) in [5, 5.41) is 8.84. The van der Waals surface area contributed by atoms with Gasteiger partial charge in [-0.2, -0.15) is 5.26 Å². The molecule has 0 spiro atoms. The fourth-order valence-corrected chi connectivity index (χ4v) is 1.41. The van der Waals surface area contributed by atoms with Crippen LogP contribution in [0.1, 0.15) is 19.4 Å². The largest absolute Gasteiger partial charge is 0.487 e. The summed E-state index contributed by atoms with van der Waals surface area (Å²) in [7, 11) is 0. The summed E-state index contributed by atoms with van der Waals surface area (Å²) in [4.78, 5) is 0. The number of benzene rings is 1. The van der Waals surface area contributed by atoms with E-state index in [0.717, 1.165) is 0 Å². The average molecular weight is 253 g/mol. The Labute approximate surface area is 106 Å². The summed E-state index contributed by atoms with van der Waals surface area (Å²) >= 11 is 0. The molecule has 0 aliphatic carbocycles. The van der Waals surface area contributed by atoms with Crippen LogP contribution in [0.25, 0.3) is 0 Å². The lowest BCUT2D eigenvalue weighted by molar-refractivity contribution is -0.152. The van der Waals surface area contributed by atoms with E-state index in [2.05, 4.69) is 0 Å². The van der Waals surface area contributed by atoms with Crippen LogP contribution in [0.5, 0.6) is 5.75 Å². The minimum Gasteiger partial charge on any atom is -0.487 e. The molecule has 0 saturated heterocycles. The lowest BCUT2D eigenvalue weighted by Crippen LogP contribution is -2.25. The highest BCUT2D eigenvalue weighted by Gasteiger charge is 2.13. The molecular formula is C13H16FNO3. The fraction of sp³-hybridized carbons (Fsp3) is 0.462. The Morgan fingerprint density at radius 1 is 1.28 bits per heavy atom. The zero-order valence-corrected chi connectivity index (χ0v) is 10.5. The van der Waals surface area contributed by atoms with Crippen LogP contribution in [-0.4, -0.2) is 26.1 Å². The lowest BCUT2D eigenvalue weighted by atomic mass is 10.2. The van der Waals surface area contributed by atoms with Crippen LogP contribution in [0.2, 0.25) is 0 Å². The molecular weight excluding hydrogens is 237 g/mol. The number of ether oxygens (including phenoxy) is 3. The van der Waals surface area contributed by atoms with Gasteiger partial charge in [0.05, 0.1) is 0 Å². The predicted molar refractivity (Wildman–Crippen MR) is 63.7 cm³/mol. The molecule has 0 radical (unpaired) electrons. The first kappa shape index (κ1) is 14.4. The van der Waals surface area contributed by atoms with Crippen LogP contribution in [0.4, 0.5) is 4.39 Å². The molecule has 0 aromatic heterocycles. The van der Waals surface area contributed by atoms with Gasteiger partial charge in [0, 0.05) is 13.2 Å². The molecule has 0 aliphatic heterocycles. The van der Waals surface area contributed by atoms with Gasteiger partial charge in [-0.15, -0.1) is 0 Å². The Balaban J connectivity index is 2.67. The van der Waals surface area contributed by atoms with Gasteiger partial charge in [-0.05, 0) is 26.0 Å². The van der Waals surface area contributed by atoms with Gasteiger partial charge in [-0.1, -0.05) is 6.07 Å². The van der Waals surface area contributed by atoms with Crippen molar-refractivity contribution < 1.29 is 18.6 Å². The van der Waals surface area contributed by atoms with Gasteiger partial charge in [-0.25, -0.2) is 4.39 Å². The third kappa shape index (κ3) is 3.99. The van der Waals surface area contributed by atoms with Crippen LogP contribution in [0.15, 0.2) is 18.2 Å². The summed E-state index contributed by atoms with van der Waals surface area (Å²) in [6, 6.07) is 6.01. The van der Waals surface area contributed by atoms with E-state index in [0.29, 0.717) is 13.2 Å². The molecule has 0 saturated carbocycles. The second-order valence-electron chi connectivity index (χ2n) is 3.38. The number of hydrogen-bond donors (Lipinski definition) is 0. The van der Waals surface area contributed by atoms with Crippen molar-refractivity contribution >= 4 is 0 Å². The van der Waals surface area contributed by atoms with E-state index in [4.69, 9.17) is 19.5 Å². The molecule has 0 fully saturated rings. The average Bonchev–Trinajstić information content (AvgIpc) is 2.36. The van der Waals surface area contributed by atoms with E-state index >= 15 is 0 Å². The van der Waals surface area contributed by atoms with Gasteiger partial charge >= 0.3 is 0 Å². The summed E-state index contributed by atoms with van der Waals surface area (Å²) in [6.07, 6.45) is -0.519. The van der Waals surface area contributed by atoms with Crippen LogP contribution < -0.4 is 4.74 Å². The minimum absolute atomic E-state index is 0.107. The predicted octanol–water partition coefficient (Wildman–Crippen LogP) is 2.48. The van der Waals surface area contributed by atoms with E-state index in [1.165, 1.54) is 18.2 Å². The molecule has 1 rings (SSSR count).